The first-order valence-electron chi connectivity index (χ1n) is 14.0. The zero-order valence-corrected chi connectivity index (χ0v) is 21.9. The van der Waals surface area contributed by atoms with Gasteiger partial charge in [0.2, 0.25) is 5.91 Å². The smallest absolute Gasteiger partial charge is 0.241 e. The second kappa shape index (κ2) is 11.0. The van der Waals surface area contributed by atoms with Crippen LogP contribution in [0.4, 0.5) is 5.69 Å². The molecule has 0 aliphatic carbocycles. The number of hydrogen-bond acceptors (Lipinski definition) is 4. The van der Waals surface area contributed by atoms with E-state index in [2.05, 4.69) is 15.2 Å². The van der Waals surface area contributed by atoms with Crippen LogP contribution < -0.4 is 5.32 Å². The number of carbonyl (C=O) groups excluding carboxylic acids is 2. The summed E-state index contributed by atoms with van der Waals surface area (Å²) < 4.78 is 0. The predicted molar refractivity (Wildman–Crippen MR) is 154 cm³/mol. The van der Waals surface area contributed by atoms with Gasteiger partial charge in [0.1, 0.15) is 0 Å². The van der Waals surface area contributed by atoms with Crippen molar-refractivity contribution < 1.29 is 9.59 Å². The molecule has 0 saturated carbocycles. The Hall–Kier alpha value is -3.64. The summed E-state index contributed by atoms with van der Waals surface area (Å²) >= 11 is 0. The van der Waals surface area contributed by atoms with Gasteiger partial charge in [0.25, 0.3) is 0 Å². The quantitative estimate of drug-likeness (QED) is 0.315. The minimum atomic E-state index is -0.0549. The zero-order chi connectivity index (χ0) is 25.9. The van der Waals surface area contributed by atoms with Gasteiger partial charge in [0.05, 0.1) is 12.2 Å². The van der Waals surface area contributed by atoms with E-state index in [0.717, 1.165) is 53.3 Å². The molecule has 0 spiro atoms. The summed E-state index contributed by atoms with van der Waals surface area (Å²) in [6.45, 7) is 5.45. The minimum Gasteiger partial charge on any atom is -0.375 e. The van der Waals surface area contributed by atoms with Crippen LogP contribution in [0, 0.1) is 5.92 Å². The number of H-pyrrole nitrogens is 1. The zero-order valence-electron chi connectivity index (χ0n) is 21.9. The van der Waals surface area contributed by atoms with Gasteiger partial charge in [-0.25, -0.2) is 0 Å². The molecule has 2 aliphatic heterocycles. The average Bonchev–Trinajstić information content (AvgIpc) is 3.44. The number of aromatic amines is 1. The lowest BCUT2D eigenvalue weighted by atomic mass is 9.95. The number of ketones is 1. The molecular weight excluding hydrogens is 472 g/mol. The van der Waals surface area contributed by atoms with Crippen molar-refractivity contribution in [3.63, 3.8) is 0 Å². The van der Waals surface area contributed by atoms with Crippen LogP contribution >= 0.6 is 0 Å². The van der Waals surface area contributed by atoms with Crippen molar-refractivity contribution >= 4 is 39.1 Å². The number of anilines is 1. The van der Waals surface area contributed by atoms with Crippen LogP contribution in [0.5, 0.6) is 0 Å². The molecule has 2 aliphatic rings. The third-order valence-corrected chi connectivity index (χ3v) is 8.34. The summed E-state index contributed by atoms with van der Waals surface area (Å²) in [5, 5.41) is 6.45. The number of carbonyl (C=O) groups is 2. The van der Waals surface area contributed by atoms with E-state index in [4.69, 9.17) is 0 Å². The molecule has 0 bridgehead atoms. The molecule has 0 atom stereocenters. The lowest BCUT2D eigenvalue weighted by Gasteiger charge is -2.36. The number of nitrogens with one attached hydrogen (secondary N) is 2. The Bertz CT molecular complexity index is 1440. The molecule has 2 N–H and O–H groups in total. The first-order valence-corrected chi connectivity index (χ1v) is 14.0. The molecule has 6 rings (SSSR count). The average molecular weight is 509 g/mol. The van der Waals surface area contributed by atoms with Crippen LogP contribution in [-0.4, -0.2) is 65.7 Å². The van der Waals surface area contributed by atoms with Gasteiger partial charge in [0, 0.05) is 47.9 Å². The van der Waals surface area contributed by atoms with Crippen LogP contribution in [0.3, 0.4) is 0 Å². The maximum absolute atomic E-state index is 13.7. The summed E-state index contributed by atoms with van der Waals surface area (Å²) in [7, 11) is 0. The van der Waals surface area contributed by atoms with Crippen LogP contribution in [0.2, 0.25) is 0 Å². The van der Waals surface area contributed by atoms with E-state index in [9.17, 15) is 9.59 Å². The van der Waals surface area contributed by atoms with Gasteiger partial charge >= 0.3 is 0 Å². The molecule has 6 heteroatoms. The Morgan fingerprint density at radius 3 is 2.50 bits per heavy atom. The van der Waals surface area contributed by atoms with Crippen molar-refractivity contribution in [1.29, 1.82) is 0 Å². The summed E-state index contributed by atoms with van der Waals surface area (Å²) in [4.78, 5) is 34.7. The molecule has 4 aromatic rings. The number of likely N-dealkylation sites (tertiary alicyclic amines) is 2. The number of piperidine rings is 2. The van der Waals surface area contributed by atoms with E-state index in [1.165, 1.54) is 38.9 Å². The normalized spacial score (nSPS) is 17.2. The number of hydrogen-bond donors (Lipinski definition) is 2. The Morgan fingerprint density at radius 2 is 1.66 bits per heavy atom. The van der Waals surface area contributed by atoms with Gasteiger partial charge < -0.3 is 20.1 Å². The second-order valence-electron chi connectivity index (χ2n) is 10.9. The Labute approximate surface area is 224 Å². The lowest BCUT2D eigenvalue weighted by molar-refractivity contribution is -0.130. The Morgan fingerprint density at radius 1 is 0.868 bits per heavy atom. The van der Waals surface area contributed by atoms with Crippen LogP contribution in [0.15, 0.2) is 66.9 Å². The molecule has 3 heterocycles. The minimum absolute atomic E-state index is 0.0549. The highest BCUT2D eigenvalue weighted by atomic mass is 16.2. The van der Waals surface area contributed by atoms with E-state index in [1.807, 2.05) is 71.8 Å². The van der Waals surface area contributed by atoms with E-state index >= 15 is 0 Å². The van der Waals surface area contributed by atoms with Gasteiger partial charge in [-0.05, 0) is 73.7 Å². The van der Waals surface area contributed by atoms with E-state index in [0.29, 0.717) is 17.0 Å². The number of rotatable bonds is 7. The fraction of sp³-hybridized carbons (Fsp3) is 0.375. The van der Waals surface area contributed by atoms with Crippen LogP contribution in [-0.2, 0) is 4.79 Å². The monoisotopic (exact) mass is 508 g/mol. The molecule has 1 amide bonds. The first-order chi connectivity index (χ1) is 18.7. The highest BCUT2D eigenvalue weighted by molar-refractivity contribution is 6.17. The van der Waals surface area contributed by atoms with Crippen molar-refractivity contribution in [2.45, 2.75) is 32.1 Å². The molecular formula is C32H36N4O2. The molecule has 3 aromatic carbocycles. The molecule has 196 valence electrons. The van der Waals surface area contributed by atoms with Gasteiger partial charge in [-0.1, -0.05) is 48.9 Å². The third kappa shape index (κ3) is 5.18. The van der Waals surface area contributed by atoms with Crippen molar-refractivity contribution in [3.05, 3.63) is 78.0 Å². The molecule has 1 aromatic heterocycles. The van der Waals surface area contributed by atoms with Crippen molar-refractivity contribution in [3.8, 4) is 0 Å². The molecule has 38 heavy (non-hydrogen) atoms. The molecule has 2 fully saturated rings. The van der Waals surface area contributed by atoms with Crippen LogP contribution in [0.25, 0.3) is 21.7 Å². The lowest BCUT2D eigenvalue weighted by Crippen LogP contribution is -2.44. The van der Waals surface area contributed by atoms with E-state index < -0.39 is 0 Å². The Kier molecular flexibility index (Phi) is 7.14. The topological polar surface area (TPSA) is 68.4 Å². The number of nitrogens with zero attached hydrogens (tertiary/aromatic N) is 2. The van der Waals surface area contributed by atoms with Crippen molar-refractivity contribution in [1.82, 2.24) is 14.8 Å². The van der Waals surface area contributed by atoms with Gasteiger partial charge in [-0.2, -0.15) is 0 Å². The van der Waals surface area contributed by atoms with Crippen LogP contribution in [0.1, 0.15) is 48.0 Å². The van der Waals surface area contributed by atoms with E-state index in [1.54, 1.807) is 0 Å². The summed E-state index contributed by atoms with van der Waals surface area (Å²) in [5.41, 5.74) is 2.88. The fourth-order valence-corrected chi connectivity index (χ4v) is 6.14. The Balaban J connectivity index is 1.16. The second-order valence-corrected chi connectivity index (χ2v) is 10.9. The van der Waals surface area contributed by atoms with Crippen molar-refractivity contribution in [2.24, 2.45) is 5.92 Å². The maximum atomic E-state index is 13.7. The highest BCUT2D eigenvalue weighted by Gasteiger charge is 2.25. The molecule has 6 nitrogen and oxygen atoms in total. The summed E-state index contributed by atoms with van der Waals surface area (Å²) in [5.74, 6) is 0.728. The van der Waals surface area contributed by atoms with Gasteiger partial charge in [-0.15, -0.1) is 0 Å². The largest absolute Gasteiger partial charge is 0.375 e. The number of amides is 1. The molecule has 0 radical (unpaired) electrons. The molecule has 2 saturated heterocycles. The third-order valence-electron chi connectivity index (χ3n) is 8.34. The number of benzene rings is 3. The van der Waals surface area contributed by atoms with E-state index in [-0.39, 0.29) is 18.2 Å². The fourth-order valence-electron chi connectivity index (χ4n) is 6.14. The van der Waals surface area contributed by atoms with Gasteiger partial charge in [0.15, 0.2) is 5.78 Å². The predicted octanol–water partition coefficient (Wildman–Crippen LogP) is 5.69. The number of aromatic nitrogens is 1. The standard InChI is InChI=1S/C32H36N4O2/c37-30(36-18-13-23(14-19-36)22-35-16-4-1-5-17-35)21-34-31-27-7-3-2-6-24(27)10-11-28(31)32(38)26-9-8-25-12-15-33-29(25)20-26/h2-3,6-12,15,20,23,33-34H,1,4-5,13-14,16-19,21-22H2. The maximum Gasteiger partial charge on any atom is 0.241 e. The first kappa shape index (κ1) is 24.7. The molecule has 0 unspecified atom stereocenters. The van der Waals surface area contributed by atoms with Gasteiger partial charge in [-0.3, -0.25) is 9.59 Å². The summed E-state index contributed by atoms with van der Waals surface area (Å²) in [6.07, 6.45) is 8.03. The SMILES string of the molecule is O=C(c1ccc2cc[nH]c2c1)c1ccc2ccccc2c1NCC(=O)N1CCC(CN2CCCCC2)CC1. The number of fused-ring (bicyclic) bond motifs is 2. The summed E-state index contributed by atoms with van der Waals surface area (Å²) in [6, 6.07) is 19.6. The highest BCUT2D eigenvalue weighted by Crippen LogP contribution is 2.30. The van der Waals surface area contributed by atoms with Crippen molar-refractivity contribution in [2.75, 3.05) is 44.6 Å².